The molecule has 0 atom stereocenters. The Bertz CT molecular complexity index is 698. The van der Waals surface area contributed by atoms with Gasteiger partial charge in [-0.2, -0.15) is 0 Å². The highest BCUT2D eigenvalue weighted by Crippen LogP contribution is 2.27. The lowest BCUT2D eigenvalue weighted by atomic mass is 10.1. The Balaban J connectivity index is 2.29. The summed E-state index contributed by atoms with van der Waals surface area (Å²) in [4.78, 5) is 11.0. The van der Waals surface area contributed by atoms with Crippen molar-refractivity contribution in [3.63, 3.8) is 0 Å². The highest BCUT2D eigenvalue weighted by atomic mass is 16.5. The monoisotopic (exact) mass is 516 g/mol. The summed E-state index contributed by atoms with van der Waals surface area (Å²) in [5.41, 5.74) is 0.778. The molecule has 0 aliphatic heterocycles. The van der Waals surface area contributed by atoms with E-state index in [1.165, 1.54) is 116 Å². The summed E-state index contributed by atoms with van der Waals surface area (Å²) in [5, 5.41) is 9.01. The molecule has 0 amide bonds. The summed E-state index contributed by atoms with van der Waals surface area (Å²) in [6, 6.07) is 5.71. The molecule has 0 saturated carbocycles. The molecule has 0 aliphatic carbocycles. The van der Waals surface area contributed by atoms with Gasteiger partial charge in [0, 0.05) is 17.7 Å². The molecule has 0 fully saturated rings. The van der Waals surface area contributed by atoms with Crippen molar-refractivity contribution in [2.45, 2.75) is 142 Å². The fourth-order valence-corrected chi connectivity index (χ4v) is 4.58. The second-order valence-corrected chi connectivity index (χ2v) is 10.4. The summed E-state index contributed by atoms with van der Waals surface area (Å²) in [7, 11) is 0. The van der Waals surface area contributed by atoms with Gasteiger partial charge in [0.2, 0.25) is 0 Å². The van der Waals surface area contributed by atoms with Gasteiger partial charge in [0.1, 0.15) is 11.5 Å². The molecule has 0 aromatic heterocycles. The van der Waals surface area contributed by atoms with E-state index in [9.17, 15) is 4.79 Å². The molecule has 0 radical (unpaired) electrons. The average molecular weight is 517 g/mol. The van der Waals surface area contributed by atoms with Crippen LogP contribution in [0.25, 0.3) is 6.08 Å². The highest BCUT2D eigenvalue weighted by molar-refractivity contribution is 5.86. The number of ether oxygens (including phenoxy) is 2. The van der Waals surface area contributed by atoms with Crippen LogP contribution in [0.3, 0.4) is 0 Å². The fraction of sp³-hybridized carbons (Fsp3) is 0.727. The maximum Gasteiger partial charge on any atom is 0.328 e. The van der Waals surface area contributed by atoms with Crippen LogP contribution in [0.1, 0.15) is 148 Å². The Morgan fingerprint density at radius 2 is 1.08 bits per heavy atom. The number of unbranched alkanes of at least 4 members (excludes halogenated alkanes) is 18. The van der Waals surface area contributed by atoms with E-state index in [1.807, 2.05) is 18.2 Å². The molecular formula is C33H56O4. The first kappa shape index (κ1) is 33.1. The molecule has 0 saturated heterocycles. The molecule has 0 heterocycles. The number of hydrogen-bond donors (Lipinski definition) is 1. The van der Waals surface area contributed by atoms with Crippen LogP contribution >= 0.6 is 0 Å². The number of aliphatic carboxylic acids is 1. The summed E-state index contributed by atoms with van der Waals surface area (Å²) >= 11 is 0. The van der Waals surface area contributed by atoms with Crippen LogP contribution in [0.4, 0.5) is 0 Å². The van der Waals surface area contributed by atoms with E-state index in [2.05, 4.69) is 13.8 Å². The van der Waals surface area contributed by atoms with Crippen LogP contribution in [-0.2, 0) is 4.79 Å². The van der Waals surface area contributed by atoms with Gasteiger partial charge >= 0.3 is 5.97 Å². The first-order valence-electron chi connectivity index (χ1n) is 15.5. The van der Waals surface area contributed by atoms with Gasteiger partial charge in [-0.25, -0.2) is 4.79 Å². The lowest BCUT2D eigenvalue weighted by Crippen LogP contribution is -2.01. The summed E-state index contributed by atoms with van der Waals surface area (Å²) in [5.74, 6) is 0.539. The van der Waals surface area contributed by atoms with Crippen LogP contribution in [0.2, 0.25) is 0 Å². The topological polar surface area (TPSA) is 55.8 Å². The third-order valence-corrected chi connectivity index (χ3v) is 6.91. The van der Waals surface area contributed by atoms with Crippen LogP contribution in [0, 0.1) is 0 Å². The van der Waals surface area contributed by atoms with Gasteiger partial charge < -0.3 is 14.6 Å². The van der Waals surface area contributed by atoms with Crippen molar-refractivity contribution in [1.29, 1.82) is 0 Å². The first-order valence-corrected chi connectivity index (χ1v) is 15.5. The van der Waals surface area contributed by atoms with E-state index >= 15 is 0 Å². The third kappa shape index (κ3) is 19.8. The predicted octanol–water partition coefficient (Wildman–Crippen LogP) is 10.4. The normalized spacial score (nSPS) is 11.3. The zero-order valence-electron chi connectivity index (χ0n) is 24.1. The highest BCUT2D eigenvalue weighted by Gasteiger charge is 2.06. The molecule has 0 unspecified atom stereocenters. The van der Waals surface area contributed by atoms with Gasteiger partial charge in [-0.1, -0.05) is 129 Å². The minimum Gasteiger partial charge on any atom is -0.493 e. The second kappa shape index (κ2) is 24.4. The molecule has 37 heavy (non-hydrogen) atoms. The quantitative estimate of drug-likeness (QED) is 0.0982. The Hall–Kier alpha value is -1.97. The van der Waals surface area contributed by atoms with Crippen molar-refractivity contribution in [1.82, 2.24) is 0 Å². The van der Waals surface area contributed by atoms with E-state index in [0.29, 0.717) is 19.0 Å². The largest absolute Gasteiger partial charge is 0.493 e. The van der Waals surface area contributed by atoms with Crippen LogP contribution in [-0.4, -0.2) is 24.3 Å². The molecule has 1 aromatic rings. The molecule has 1 N–H and O–H groups in total. The Kier molecular flexibility index (Phi) is 21.8. The molecular weight excluding hydrogens is 460 g/mol. The SMILES string of the molecule is CCCCCCCCCCCCOc1ccc(C=CC(=O)O)c(OCCCCCCCCCCCC)c1. The van der Waals surface area contributed by atoms with Crippen LogP contribution in [0.15, 0.2) is 24.3 Å². The van der Waals surface area contributed by atoms with Gasteiger partial charge in [0.05, 0.1) is 13.2 Å². The van der Waals surface area contributed by atoms with Gasteiger partial charge in [0.15, 0.2) is 0 Å². The smallest absolute Gasteiger partial charge is 0.328 e. The zero-order valence-corrected chi connectivity index (χ0v) is 24.1. The van der Waals surface area contributed by atoms with Gasteiger partial charge in [-0.3, -0.25) is 0 Å². The maximum absolute atomic E-state index is 11.0. The van der Waals surface area contributed by atoms with Crippen LogP contribution < -0.4 is 9.47 Å². The Labute approximate surface area is 228 Å². The van der Waals surface area contributed by atoms with Crippen molar-refractivity contribution in [3.05, 3.63) is 29.8 Å². The van der Waals surface area contributed by atoms with E-state index in [4.69, 9.17) is 14.6 Å². The van der Waals surface area contributed by atoms with Gasteiger partial charge in [-0.15, -0.1) is 0 Å². The van der Waals surface area contributed by atoms with E-state index in [1.54, 1.807) is 6.08 Å². The summed E-state index contributed by atoms with van der Waals surface area (Å²) < 4.78 is 12.1. The molecule has 4 nitrogen and oxygen atoms in total. The maximum atomic E-state index is 11.0. The number of benzene rings is 1. The van der Waals surface area contributed by atoms with Gasteiger partial charge in [0.25, 0.3) is 0 Å². The summed E-state index contributed by atoms with van der Waals surface area (Å²) in [6.07, 6.45) is 28.7. The molecule has 0 bridgehead atoms. The molecule has 4 heteroatoms. The Morgan fingerprint density at radius 1 is 0.649 bits per heavy atom. The van der Waals surface area contributed by atoms with Crippen molar-refractivity contribution < 1.29 is 19.4 Å². The minimum atomic E-state index is -0.957. The van der Waals surface area contributed by atoms with E-state index in [-0.39, 0.29) is 0 Å². The number of carboxylic acid groups (broad SMARTS) is 1. The molecule has 0 spiro atoms. The minimum absolute atomic E-state index is 0.645. The number of carboxylic acids is 1. The average Bonchev–Trinajstić information content (AvgIpc) is 2.89. The van der Waals surface area contributed by atoms with E-state index in [0.717, 1.165) is 30.2 Å². The van der Waals surface area contributed by atoms with E-state index < -0.39 is 5.97 Å². The lowest BCUT2D eigenvalue weighted by Gasteiger charge is -2.12. The van der Waals surface area contributed by atoms with Gasteiger partial charge in [-0.05, 0) is 31.1 Å². The van der Waals surface area contributed by atoms with Crippen molar-refractivity contribution >= 4 is 12.0 Å². The second-order valence-electron chi connectivity index (χ2n) is 10.4. The van der Waals surface area contributed by atoms with Crippen molar-refractivity contribution in [2.75, 3.05) is 13.2 Å². The summed E-state index contributed by atoms with van der Waals surface area (Å²) in [6.45, 7) is 5.88. The number of hydrogen-bond acceptors (Lipinski definition) is 3. The number of carbonyl (C=O) groups is 1. The number of rotatable bonds is 26. The van der Waals surface area contributed by atoms with Crippen LogP contribution in [0.5, 0.6) is 11.5 Å². The van der Waals surface area contributed by atoms with Crippen molar-refractivity contribution in [2.24, 2.45) is 0 Å². The fourth-order valence-electron chi connectivity index (χ4n) is 4.58. The lowest BCUT2D eigenvalue weighted by molar-refractivity contribution is -0.131. The third-order valence-electron chi connectivity index (χ3n) is 6.91. The molecule has 1 rings (SSSR count). The first-order chi connectivity index (χ1) is 18.2. The van der Waals surface area contributed by atoms with Crippen molar-refractivity contribution in [3.8, 4) is 11.5 Å². The molecule has 0 aliphatic rings. The standard InChI is InChI=1S/C33H56O4/c1-3-5-7-9-11-13-15-17-19-21-27-36-31-25-23-30(24-26-33(34)35)32(29-31)37-28-22-20-18-16-14-12-10-8-6-4-2/h23-26,29H,3-22,27-28H2,1-2H3,(H,34,35). The Morgan fingerprint density at radius 3 is 1.54 bits per heavy atom. The molecule has 1 aromatic carbocycles. The zero-order chi connectivity index (χ0) is 26.8. The molecule has 212 valence electrons. The predicted molar refractivity (Wildman–Crippen MR) is 158 cm³/mol.